The maximum atomic E-state index is 13.3. The molecule has 1 saturated heterocycles. The Morgan fingerprint density at radius 1 is 1.27 bits per heavy atom. The quantitative estimate of drug-likeness (QED) is 0.454. The van der Waals surface area contributed by atoms with Gasteiger partial charge in [-0.2, -0.15) is 0 Å². The van der Waals surface area contributed by atoms with E-state index in [0.29, 0.717) is 27.6 Å². The Kier molecular flexibility index (Phi) is 6.45. The second-order valence-corrected chi connectivity index (χ2v) is 9.46. The molecule has 10 heteroatoms. The van der Waals surface area contributed by atoms with Crippen LogP contribution in [0.1, 0.15) is 53.1 Å². The van der Waals surface area contributed by atoms with Crippen LogP contribution in [0.15, 0.2) is 24.3 Å². The van der Waals surface area contributed by atoms with E-state index in [-0.39, 0.29) is 6.61 Å². The van der Waals surface area contributed by atoms with Crippen molar-refractivity contribution in [2.24, 2.45) is 0 Å². The average molecular weight is 490 g/mol. The lowest BCUT2D eigenvalue weighted by atomic mass is 9.87. The van der Waals surface area contributed by atoms with E-state index in [1.54, 1.807) is 38.1 Å². The van der Waals surface area contributed by atoms with Gasteiger partial charge in [0.15, 0.2) is 0 Å². The number of thiophene rings is 1. The summed E-state index contributed by atoms with van der Waals surface area (Å²) in [5, 5.41) is 6.30. The van der Waals surface area contributed by atoms with Crippen molar-refractivity contribution in [2.75, 3.05) is 18.5 Å². The van der Waals surface area contributed by atoms with Gasteiger partial charge in [-0.3, -0.25) is 14.5 Å². The van der Waals surface area contributed by atoms with Gasteiger partial charge in [-0.05, 0) is 55.9 Å². The number of esters is 1. The van der Waals surface area contributed by atoms with Crippen molar-refractivity contribution in [1.82, 2.24) is 10.2 Å². The molecule has 0 spiro atoms. The largest absolute Gasteiger partial charge is 0.462 e. The molecule has 1 aliphatic carbocycles. The van der Waals surface area contributed by atoms with Gasteiger partial charge in [0.25, 0.3) is 5.91 Å². The summed E-state index contributed by atoms with van der Waals surface area (Å²) in [4.78, 5) is 53.3. The number of carbonyl (C=O) groups excluding carboxylic acids is 4. The predicted octanol–water partition coefficient (Wildman–Crippen LogP) is 3.86. The normalized spacial score (nSPS) is 19.4. The Labute approximate surface area is 200 Å². The molecule has 1 aromatic heterocycles. The highest BCUT2D eigenvalue weighted by atomic mass is 35.5. The maximum Gasteiger partial charge on any atom is 0.341 e. The van der Waals surface area contributed by atoms with Crippen LogP contribution in [0.5, 0.6) is 0 Å². The Morgan fingerprint density at radius 3 is 2.76 bits per heavy atom. The lowest BCUT2D eigenvalue weighted by molar-refractivity contribution is -0.134. The van der Waals surface area contributed by atoms with E-state index >= 15 is 0 Å². The molecule has 1 fully saturated rings. The van der Waals surface area contributed by atoms with Crippen LogP contribution in [0.3, 0.4) is 0 Å². The molecule has 4 amide bonds. The van der Waals surface area contributed by atoms with Crippen LogP contribution in [-0.4, -0.2) is 41.9 Å². The third kappa shape index (κ3) is 4.11. The van der Waals surface area contributed by atoms with E-state index in [9.17, 15) is 19.2 Å². The molecule has 0 bridgehead atoms. The number of imide groups is 1. The van der Waals surface area contributed by atoms with E-state index in [1.165, 1.54) is 11.3 Å². The third-order valence-electron chi connectivity index (χ3n) is 5.98. The van der Waals surface area contributed by atoms with Crippen LogP contribution in [-0.2, 0) is 32.7 Å². The highest BCUT2D eigenvalue weighted by Gasteiger charge is 2.51. The zero-order chi connectivity index (χ0) is 23.8. The van der Waals surface area contributed by atoms with Crippen molar-refractivity contribution >= 4 is 51.8 Å². The Morgan fingerprint density at radius 2 is 2.06 bits per heavy atom. The number of carbonyl (C=O) groups is 4. The van der Waals surface area contributed by atoms with Crippen molar-refractivity contribution < 1.29 is 23.9 Å². The fraction of sp³-hybridized carbons (Fsp3) is 0.391. The van der Waals surface area contributed by atoms with Crippen LogP contribution < -0.4 is 10.6 Å². The van der Waals surface area contributed by atoms with E-state index in [0.717, 1.165) is 34.6 Å². The van der Waals surface area contributed by atoms with Gasteiger partial charge in [-0.25, -0.2) is 9.59 Å². The molecule has 2 aromatic rings. The fourth-order valence-electron chi connectivity index (χ4n) is 4.38. The van der Waals surface area contributed by atoms with Crippen LogP contribution in [0.4, 0.5) is 9.80 Å². The van der Waals surface area contributed by atoms with Gasteiger partial charge in [-0.1, -0.05) is 30.7 Å². The molecule has 2 heterocycles. The molecule has 1 atom stereocenters. The predicted molar refractivity (Wildman–Crippen MR) is 125 cm³/mol. The number of benzene rings is 1. The van der Waals surface area contributed by atoms with Crippen LogP contribution in [0, 0.1) is 0 Å². The topological polar surface area (TPSA) is 105 Å². The second kappa shape index (κ2) is 9.15. The van der Waals surface area contributed by atoms with E-state index < -0.39 is 35.9 Å². The summed E-state index contributed by atoms with van der Waals surface area (Å²) < 4.78 is 5.18. The van der Waals surface area contributed by atoms with Gasteiger partial charge < -0.3 is 15.4 Å². The lowest BCUT2D eigenvalue weighted by Gasteiger charge is -2.25. The fourth-order valence-corrected chi connectivity index (χ4v) is 5.87. The molecule has 1 aliphatic heterocycles. The molecular weight excluding hydrogens is 466 g/mol. The molecule has 8 nitrogen and oxygen atoms in total. The second-order valence-electron chi connectivity index (χ2n) is 7.92. The number of nitrogens with zero attached hydrogens (tertiary/aromatic N) is 1. The van der Waals surface area contributed by atoms with Crippen molar-refractivity contribution in [3.63, 3.8) is 0 Å². The summed E-state index contributed by atoms with van der Waals surface area (Å²) in [6, 6.07) is 6.08. The molecule has 33 heavy (non-hydrogen) atoms. The van der Waals surface area contributed by atoms with Gasteiger partial charge in [0.05, 0.1) is 12.2 Å². The van der Waals surface area contributed by atoms with Crippen LogP contribution in [0.25, 0.3) is 0 Å². The first kappa shape index (κ1) is 23.3. The van der Waals surface area contributed by atoms with Gasteiger partial charge in [0.2, 0.25) is 5.91 Å². The zero-order valence-corrected chi connectivity index (χ0v) is 19.9. The highest BCUT2D eigenvalue weighted by molar-refractivity contribution is 7.17. The van der Waals surface area contributed by atoms with Gasteiger partial charge >= 0.3 is 12.0 Å². The number of nitrogens with one attached hydrogen (secondary N) is 2. The minimum absolute atomic E-state index is 0.224. The van der Waals surface area contributed by atoms with Gasteiger partial charge in [0, 0.05) is 9.90 Å². The summed E-state index contributed by atoms with van der Waals surface area (Å²) >= 11 is 7.44. The molecule has 0 saturated carbocycles. The molecule has 0 radical (unpaired) electrons. The molecule has 2 N–H and O–H groups in total. The first-order chi connectivity index (χ1) is 15.8. The average Bonchev–Trinajstić information content (AvgIpc) is 3.42. The van der Waals surface area contributed by atoms with E-state index in [2.05, 4.69) is 10.6 Å². The zero-order valence-electron chi connectivity index (χ0n) is 18.3. The standard InChI is InChI=1S/C23H24ClN3O5S/c1-3-23(13-7-5-8-14(24)11-13)21(30)27(22(31)26-23)12-17(28)25-19-18(20(29)32-4-2)15-9-6-10-16(15)33-19/h5,7-8,11H,3-4,6,9-10,12H2,1-2H3,(H,25,28)(H,26,31)/t23-/m1/s1. The SMILES string of the molecule is CCOC(=O)c1c(NC(=O)CN2C(=O)N[C@](CC)(c3cccc(Cl)c3)C2=O)sc2c1CCC2. The van der Waals surface area contributed by atoms with Crippen molar-refractivity contribution in [2.45, 2.75) is 45.1 Å². The third-order valence-corrected chi connectivity index (χ3v) is 7.42. The number of amides is 4. The minimum Gasteiger partial charge on any atom is -0.462 e. The summed E-state index contributed by atoms with van der Waals surface area (Å²) in [6.07, 6.45) is 2.84. The smallest absolute Gasteiger partial charge is 0.341 e. The minimum atomic E-state index is -1.29. The van der Waals surface area contributed by atoms with E-state index in [4.69, 9.17) is 16.3 Å². The molecular formula is C23H24ClN3O5S. The van der Waals surface area contributed by atoms with Crippen LogP contribution >= 0.6 is 22.9 Å². The summed E-state index contributed by atoms with van der Waals surface area (Å²) in [7, 11) is 0. The number of urea groups is 1. The number of ether oxygens (including phenoxy) is 1. The summed E-state index contributed by atoms with van der Waals surface area (Å²) in [5.74, 6) is -1.57. The summed E-state index contributed by atoms with van der Waals surface area (Å²) in [5.41, 5.74) is 0.553. The number of hydrogen-bond acceptors (Lipinski definition) is 6. The first-order valence-corrected chi connectivity index (χ1v) is 12.0. The Hall–Kier alpha value is -2.91. The van der Waals surface area contributed by atoms with Crippen molar-refractivity contribution in [1.29, 1.82) is 0 Å². The van der Waals surface area contributed by atoms with Crippen LogP contribution in [0.2, 0.25) is 5.02 Å². The number of fused-ring (bicyclic) bond motifs is 1. The number of halogens is 1. The van der Waals surface area contributed by atoms with E-state index in [1.807, 2.05) is 0 Å². The molecule has 1 aromatic carbocycles. The van der Waals surface area contributed by atoms with Gasteiger partial charge in [-0.15, -0.1) is 11.3 Å². The van der Waals surface area contributed by atoms with Crippen molar-refractivity contribution in [3.8, 4) is 0 Å². The number of aryl methyl sites for hydroxylation is 1. The maximum absolute atomic E-state index is 13.3. The number of rotatable bonds is 7. The number of anilines is 1. The molecule has 0 unspecified atom stereocenters. The van der Waals surface area contributed by atoms with Gasteiger partial charge in [0.1, 0.15) is 17.1 Å². The van der Waals surface area contributed by atoms with Crippen molar-refractivity contribution in [3.05, 3.63) is 50.9 Å². The Balaban J connectivity index is 1.55. The molecule has 2 aliphatic rings. The number of hydrogen-bond donors (Lipinski definition) is 2. The lowest BCUT2D eigenvalue weighted by Crippen LogP contribution is -2.44. The first-order valence-electron chi connectivity index (χ1n) is 10.8. The molecule has 4 rings (SSSR count). The Bertz CT molecular complexity index is 1150. The highest BCUT2D eigenvalue weighted by Crippen LogP contribution is 2.40. The summed E-state index contributed by atoms with van der Waals surface area (Å²) in [6.45, 7) is 3.25. The molecule has 174 valence electrons. The monoisotopic (exact) mass is 489 g/mol.